The highest BCUT2D eigenvalue weighted by molar-refractivity contribution is 6.50. The van der Waals surface area contributed by atoms with Crippen LogP contribution in [-0.2, 0) is 0 Å². The number of alkyl halides is 6. The van der Waals surface area contributed by atoms with Crippen molar-refractivity contribution < 1.29 is 0 Å². The molecule has 0 amide bonds. The maximum atomic E-state index is 6.12. The van der Waals surface area contributed by atoms with Crippen molar-refractivity contribution in [1.82, 2.24) is 0 Å². The number of hydrogen-bond acceptors (Lipinski definition) is 0. The van der Waals surface area contributed by atoms with E-state index in [0.29, 0.717) is 5.88 Å². The van der Waals surface area contributed by atoms with Gasteiger partial charge in [-0.2, -0.15) is 0 Å². The predicted octanol–water partition coefficient (Wildman–Crippen LogP) is 5.80. The molecule has 0 aliphatic rings. The lowest BCUT2D eigenvalue weighted by atomic mass is 10.1. The third-order valence-electron chi connectivity index (χ3n) is 2.25. The third kappa shape index (κ3) is 7.95. The van der Waals surface area contributed by atoms with Crippen molar-refractivity contribution in [1.29, 1.82) is 0 Å². The number of halogens is 6. The van der Waals surface area contributed by atoms with Gasteiger partial charge in [-0.3, -0.25) is 0 Å². The van der Waals surface area contributed by atoms with Crippen molar-refractivity contribution in [2.75, 3.05) is 5.88 Å². The summed E-state index contributed by atoms with van der Waals surface area (Å²) in [4.78, 5) is -0.693. The maximum absolute atomic E-state index is 6.12. The molecule has 0 N–H and O–H groups in total. The van der Waals surface area contributed by atoms with Crippen molar-refractivity contribution in [2.45, 2.75) is 53.1 Å². The van der Waals surface area contributed by atoms with Crippen molar-refractivity contribution in [3.8, 4) is 0 Å². The Morgan fingerprint density at radius 3 is 1.75 bits per heavy atom. The summed E-state index contributed by atoms with van der Waals surface area (Å²) < 4.78 is 0. The lowest BCUT2D eigenvalue weighted by Gasteiger charge is -2.21. The number of hydrogen-bond donors (Lipinski definition) is 0. The van der Waals surface area contributed by atoms with Gasteiger partial charge < -0.3 is 0 Å². The van der Waals surface area contributed by atoms with Gasteiger partial charge in [0.2, 0.25) is 0 Å². The SMILES string of the molecule is ClCCCCCCC(Cl)C(Cl)C(Cl)C(Cl)Cl. The van der Waals surface area contributed by atoms with Gasteiger partial charge >= 0.3 is 0 Å². The van der Waals surface area contributed by atoms with E-state index in [9.17, 15) is 0 Å². The molecule has 0 saturated heterocycles. The van der Waals surface area contributed by atoms with E-state index in [1.54, 1.807) is 0 Å². The number of rotatable bonds is 9. The molecule has 6 heteroatoms. The van der Waals surface area contributed by atoms with E-state index < -0.39 is 15.6 Å². The minimum Gasteiger partial charge on any atom is -0.127 e. The molecular weight excluding hydrogens is 333 g/mol. The smallest absolute Gasteiger partial charge is 0.125 e. The van der Waals surface area contributed by atoms with Gasteiger partial charge in [-0.05, 0) is 12.8 Å². The van der Waals surface area contributed by atoms with Crippen molar-refractivity contribution >= 4 is 69.6 Å². The second-order valence-electron chi connectivity index (χ2n) is 3.63. The molecule has 3 atom stereocenters. The average Bonchev–Trinajstić information content (AvgIpc) is 2.26. The molecule has 0 aliphatic carbocycles. The Kier molecular flexibility index (Phi) is 11.8. The average molecular weight is 349 g/mol. The van der Waals surface area contributed by atoms with Crippen LogP contribution in [0.5, 0.6) is 0 Å². The minimum absolute atomic E-state index is 0.194. The van der Waals surface area contributed by atoms with Crippen LogP contribution in [0.25, 0.3) is 0 Å². The first-order chi connectivity index (χ1) is 7.50. The first kappa shape index (κ1) is 17.7. The molecule has 98 valence electrons. The Morgan fingerprint density at radius 1 is 0.688 bits per heavy atom. The highest BCUT2D eigenvalue weighted by Crippen LogP contribution is 2.28. The van der Waals surface area contributed by atoms with Crippen LogP contribution in [0.1, 0.15) is 32.1 Å². The summed E-state index contributed by atoms with van der Waals surface area (Å²) in [7, 11) is 0. The van der Waals surface area contributed by atoms with Crippen LogP contribution in [0.3, 0.4) is 0 Å². The van der Waals surface area contributed by atoms with Crippen LogP contribution < -0.4 is 0 Å². The summed E-state index contributed by atoms with van der Waals surface area (Å²) in [5.74, 6) is 0.715. The van der Waals surface area contributed by atoms with E-state index in [-0.39, 0.29) is 5.38 Å². The maximum Gasteiger partial charge on any atom is 0.125 e. The molecule has 0 spiro atoms. The van der Waals surface area contributed by atoms with Crippen molar-refractivity contribution in [3.05, 3.63) is 0 Å². The van der Waals surface area contributed by atoms with E-state index in [2.05, 4.69) is 0 Å². The fourth-order valence-corrected chi connectivity index (χ4v) is 2.77. The highest BCUT2D eigenvalue weighted by Gasteiger charge is 2.28. The lowest BCUT2D eigenvalue weighted by Crippen LogP contribution is -2.30. The van der Waals surface area contributed by atoms with E-state index in [4.69, 9.17) is 69.6 Å². The summed E-state index contributed by atoms with van der Waals surface area (Å²) >= 11 is 35.0. The van der Waals surface area contributed by atoms with Crippen LogP contribution >= 0.6 is 69.6 Å². The quantitative estimate of drug-likeness (QED) is 0.365. The van der Waals surface area contributed by atoms with Crippen LogP contribution in [0.15, 0.2) is 0 Å². The molecule has 16 heavy (non-hydrogen) atoms. The van der Waals surface area contributed by atoms with Gasteiger partial charge in [-0.15, -0.1) is 69.6 Å². The Bertz CT molecular complexity index is 163. The second kappa shape index (κ2) is 10.6. The molecule has 0 fully saturated rings. The minimum atomic E-state index is -0.693. The van der Waals surface area contributed by atoms with Crippen LogP contribution in [-0.4, -0.2) is 26.8 Å². The van der Waals surface area contributed by atoms with Gasteiger partial charge in [0.05, 0.1) is 16.1 Å². The molecule has 0 aromatic heterocycles. The molecule has 0 aromatic carbocycles. The monoisotopic (exact) mass is 346 g/mol. The van der Waals surface area contributed by atoms with Gasteiger partial charge in [0.1, 0.15) is 4.84 Å². The molecule has 0 aliphatic heterocycles. The largest absolute Gasteiger partial charge is 0.127 e. The first-order valence-electron chi connectivity index (χ1n) is 5.27. The molecule has 3 unspecified atom stereocenters. The zero-order chi connectivity index (χ0) is 12.6. The second-order valence-corrected chi connectivity index (χ2v) is 6.74. The fraction of sp³-hybridized carbons (Fsp3) is 1.00. The Balaban J connectivity index is 3.66. The van der Waals surface area contributed by atoms with Crippen molar-refractivity contribution in [2.24, 2.45) is 0 Å². The van der Waals surface area contributed by atoms with Gasteiger partial charge in [0.25, 0.3) is 0 Å². The fourth-order valence-electron chi connectivity index (χ4n) is 1.29. The van der Waals surface area contributed by atoms with E-state index in [1.807, 2.05) is 0 Å². The standard InChI is InChI=1S/C10H16Cl6/c11-6-4-2-1-3-5-7(12)8(13)9(14)10(15)16/h7-10H,1-6H2. The van der Waals surface area contributed by atoms with E-state index >= 15 is 0 Å². The van der Waals surface area contributed by atoms with Gasteiger partial charge in [0.15, 0.2) is 0 Å². The van der Waals surface area contributed by atoms with Crippen LogP contribution in [0.2, 0.25) is 0 Å². The van der Waals surface area contributed by atoms with Gasteiger partial charge in [-0.25, -0.2) is 0 Å². The third-order valence-corrected chi connectivity index (χ3v) is 5.17. The van der Waals surface area contributed by atoms with Gasteiger partial charge in [-0.1, -0.05) is 19.3 Å². The number of unbranched alkanes of at least 4 members (excludes halogenated alkanes) is 3. The normalized spacial score (nSPS) is 17.4. The molecule has 0 bridgehead atoms. The molecular formula is C10H16Cl6. The molecule has 0 heterocycles. The molecule has 0 nitrogen and oxygen atoms in total. The Labute approximate surface area is 128 Å². The molecule has 0 saturated carbocycles. The van der Waals surface area contributed by atoms with E-state index in [0.717, 1.165) is 32.1 Å². The topological polar surface area (TPSA) is 0 Å². The Morgan fingerprint density at radius 2 is 1.25 bits per heavy atom. The van der Waals surface area contributed by atoms with Crippen LogP contribution in [0.4, 0.5) is 0 Å². The summed E-state index contributed by atoms with van der Waals surface area (Å²) in [6, 6.07) is 0. The molecule has 0 aromatic rings. The Hall–Kier alpha value is 1.74. The van der Waals surface area contributed by atoms with Crippen molar-refractivity contribution in [3.63, 3.8) is 0 Å². The zero-order valence-electron chi connectivity index (χ0n) is 8.82. The highest BCUT2D eigenvalue weighted by atomic mass is 35.5. The van der Waals surface area contributed by atoms with Gasteiger partial charge in [0, 0.05) is 5.88 Å². The summed E-state index contributed by atoms with van der Waals surface area (Å²) in [6.45, 7) is 0. The summed E-state index contributed by atoms with van der Waals surface area (Å²) in [6.07, 6.45) is 5.12. The summed E-state index contributed by atoms with van der Waals surface area (Å²) in [5.41, 5.74) is 0. The molecule has 0 rings (SSSR count). The first-order valence-corrected chi connectivity index (χ1v) is 7.98. The lowest BCUT2D eigenvalue weighted by molar-refractivity contribution is 0.595. The molecule has 0 radical (unpaired) electrons. The summed E-state index contributed by atoms with van der Waals surface area (Å²) in [5, 5.41) is -1.12. The van der Waals surface area contributed by atoms with Crippen LogP contribution in [0, 0.1) is 0 Å². The predicted molar refractivity (Wildman–Crippen MR) is 78.2 cm³/mol. The zero-order valence-corrected chi connectivity index (χ0v) is 13.4. The van der Waals surface area contributed by atoms with E-state index in [1.165, 1.54) is 0 Å².